The van der Waals surface area contributed by atoms with E-state index < -0.39 is 5.91 Å². The van der Waals surface area contributed by atoms with Gasteiger partial charge in [0.2, 0.25) is 5.91 Å². The Morgan fingerprint density at radius 2 is 1.62 bits per heavy atom. The number of hydrazine groups is 1. The van der Waals surface area contributed by atoms with Crippen LogP contribution in [0.25, 0.3) is 16.9 Å². The first-order chi connectivity index (χ1) is 16.5. The van der Waals surface area contributed by atoms with Crippen molar-refractivity contribution in [2.24, 2.45) is 0 Å². The predicted octanol–water partition coefficient (Wildman–Crippen LogP) is 4.33. The molecular formula is C27H26N4O3. The van der Waals surface area contributed by atoms with Gasteiger partial charge in [-0.3, -0.25) is 20.4 Å². The van der Waals surface area contributed by atoms with Gasteiger partial charge >= 0.3 is 0 Å². The first-order valence-corrected chi connectivity index (χ1v) is 11.0. The van der Waals surface area contributed by atoms with Crippen LogP contribution in [0.4, 0.5) is 0 Å². The number of carbonyl (C=O) groups excluding carboxylic acids is 2. The average molecular weight is 455 g/mol. The second-order valence-electron chi connectivity index (χ2n) is 8.03. The van der Waals surface area contributed by atoms with Crippen molar-refractivity contribution in [2.75, 3.05) is 0 Å². The molecule has 0 aliphatic carbocycles. The number of hydrogen-bond donors (Lipinski definition) is 2. The van der Waals surface area contributed by atoms with Crippen LogP contribution in [0.3, 0.4) is 0 Å². The second-order valence-corrected chi connectivity index (χ2v) is 8.03. The lowest BCUT2D eigenvalue weighted by atomic mass is 10.1. The van der Waals surface area contributed by atoms with E-state index in [1.807, 2.05) is 98.8 Å². The Kier molecular flexibility index (Phi) is 7.03. The molecule has 0 radical (unpaired) electrons. The van der Waals surface area contributed by atoms with Gasteiger partial charge in [-0.15, -0.1) is 0 Å². The number of ether oxygens (including phenoxy) is 1. The van der Waals surface area contributed by atoms with Crippen LogP contribution in [0, 0.1) is 0 Å². The summed E-state index contributed by atoms with van der Waals surface area (Å²) in [6.07, 6.45) is 1.80. The van der Waals surface area contributed by atoms with E-state index in [2.05, 4.69) is 16.0 Å². The molecule has 0 unspecified atom stereocenters. The molecule has 0 saturated carbocycles. The Hall–Kier alpha value is -4.39. The number of nitrogens with zero attached hydrogens (tertiary/aromatic N) is 2. The fourth-order valence-electron chi connectivity index (χ4n) is 3.49. The first-order valence-electron chi connectivity index (χ1n) is 11.0. The number of aromatic nitrogens is 2. The topological polar surface area (TPSA) is 85.3 Å². The van der Waals surface area contributed by atoms with Crippen molar-refractivity contribution in [3.8, 4) is 22.7 Å². The highest BCUT2D eigenvalue weighted by Gasteiger charge is 2.19. The molecule has 0 atom stereocenters. The zero-order valence-electron chi connectivity index (χ0n) is 19.1. The maximum Gasteiger partial charge on any atom is 0.273 e. The standard InChI is InChI=1S/C27H26N4O3/c1-19(2)34-23-15-9-10-20(16-23)17-25(32)28-29-27(33)24-18-31(22-13-7-4-8-14-22)30-26(24)21-11-5-3-6-12-21/h3-16,18-19H,17H2,1-2H3,(H,28,32)(H,29,33). The summed E-state index contributed by atoms with van der Waals surface area (Å²) in [5.74, 6) is -0.0943. The molecule has 0 fully saturated rings. The van der Waals surface area contributed by atoms with Crippen LogP contribution >= 0.6 is 0 Å². The van der Waals surface area contributed by atoms with Crippen LogP contribution in [0.2, 0.25) is 0 Å². The molecule has 0 aliphatic rings. The van der Waals surface area contributed by atoms with Gasteiger partial charge in [0.15, 0.2) is 0 Å². The smallest absolute Gasteiger partial charge is 0.273 e. The molecule has 0 saturated heterocycles. The Bertz CT molecular complexity index is 1270. The summed E-state index contributed by atoms with van der Waals surface area (Å²) in [6.45, 7) is 3.89. The molecule has 7 heteroatoms. The summed E-state index contributed by atoms with van der Waals surface area (Å²) >= 11 is 0. The summed E-state index contributed by atoms with van der Waals surface area (Å²) < 4.78 is 7.33. The molecule has 4 aromatic rings. The van der Waals surface area contributed by atoms with E-state index in [1.165, 1.54) is 0 Å². The van der Waals surface area contributed by atoms with Gasteiger partial charge in [0.25, 0.3) is 5.91 Å². The van der Waals surface area contributed by atoms with Crippen LogP contribution in [0.15, 0.2) is 91.1 Å². The van der Waals surface area contributed by atoms with E-state index in [4.69, 9.17) is 4.74 Å². The quantitative estimate of drug-likeness (QED) is 0.407. The molecule has 4 rings (SSSR count). The summed E-state index contributed by atoms with van der Waals surface area (Å²) in [7, 11) is 0. The van der Waals surface area contributed by atoms with Crippen LogP contribution in [-0.4, -0.2) is 27.7 Å². The summed E-state index contributed by atoms with van der Waals surface area (Å²) in [5.41, 5.74) is 8.30. The Morgan fingerprint density at radius 3 is 2.32 bits per heavy atom. The fraction of sp³-hybridized carbons (Fsp3) is 0.148. The van der Waals surface area contributed by atoms with Crippen molar-refractivity contribution >= 4 is 11.8 Å². The average Bonchev–Trinajstić information content (AvgIpc) is 3.29. The molecule has 172 valence electrons. The summed E-state index contributed by atoms with van der Waals surface area (Å²) in [5, 5.41) is 4.63. The highest BCUT2D eigenvalue weighted by molar-refractivity contribution is 6.00. The molecule has 2 amide bonds. The fourth-order valence-corrected chi connectivity index (χ4v) is 3.49. The van der Waals surface area contributed by atoms with Crippen LogP contribution in [0.5, 0.6) is 5.75 Å². The van der Waals surface area contributed by atoms with Gasteiger partial charge in [-0.25, -0.2) is 4.68 Å². The molecule has 7 nitrogen and oxygen atoms in total. The van der Waals surface area contributed by atoms with Crippen LogP contribution < -0.4 is 15.6 Å². The molecule has 0 bridgehead atoms. The Labute approximate surface area is 198 Å². The van der Waals surface area contributed by atoms with Crippen LogP contribution in [0.1, 0.15) is 29.8 Å². The van der Waals surface area contributed by atoms with Crippen molar-refractivity contribution in [3.05, 3.63) is 102 Å². The SMILES string of the molecule is CC(C)Oc1cccc(CC(=O)NNC(=O)c2cn(-c3ccccc3)nc2-c2ccccc2)c1. The minimum absolute atomic E-state index is 0.0407. The Balaban J connectivity index is 1.48. The highest BCUT2D eigenvalue weighted by Crippen LogP contribution is 2.23. The highest BCUT2D eigenvalue weighted by atomic mass is 16.5. The van der Waals surface area contributed by atoms with Crippen molar-refractivity contribution in [3.63, 3.8) is 0 Å². The number of para-hydroxylation sites is 1. The van der Waals surface area contributed by atoms with E-state index >= 15 is 0 Å². The molecule has 3 aromatic carbocycles. The van der Waals surface area contributed by atoms with E-state index in [0.29, 0.717) is 17.0 Å². The number of rotatable bonds is 7. The molecular weight excluding hydrogens is 428 g/mol. The lowest BCUT2D eigenvalue weighted by molar-refractivity contribution is -0.121. The zero-order chi connectivity index (χ0) is 23.9. The maximum atomic E-state index is 13.0. The normalized spacial score (nSPS) is 10.7. The first kappa shape index (κ1) is 22.8. The number of hydrogen-bond acceptors (Lipinski definition) is 4. The monoisotopic (exact) mass is 454 g/mol. The minimum atomic E-state index is -0.453. The third-order valence-electron chi connectivity index (χ3n) is 4.98. The van der Waals surface area contributed by atoms with Gasteiger partial charge in [-0.05, 0) is 43.7 Å². The molecule has 0 aliphatic heterocycles. The van der Waals surface area contributed by atoms with E-state index in [-0.39, 0.29) is 18.4 Å². The van der Waals surface area contributed by atoms with Gasteiger partial charge in [-0.2, -0.15) is 5.10 Å². The predicted molar refractivity (Wildman–Crippen MR) is 131 cm³/mol. The lowest BCUT2D eigenvalue weighted by Gasteiger charge is -2.11. The van der Waals surface area contributed by atoms with Gasteiger partial charge in [0.05, 0.1) is 23.8 Å². The van der Waals surface area contributed by atoms with Crippen molar-refractivity contribution in [2.45, 2.75) is 26.4 Å². The van der Waals surface area contributed by atoms with E-state index in [9.17, 15) is 9.59 Å². The summed E-state index contributed by atoms with van der Waals surface area (Å²) in [4.78, 5) is 25.5. The minimum Gasteiger partial charge on any atom is -0.491 e. The van der Waals surface area contributed by atoms with E-state index in [1.54, 1.807) is 10.9 Å². The molecule has 1 aromatic heterocycles. The van der Waals surface area contributed by atoms with Crippen molar-refractivity contribution in [1.29, 1.82) is 0 Å². The van der Waals surface area contributed by atoms with Crippen molar-refractivity contribution < 1.29 is 14.3 Å². The van der Waals surface area contributed by atoms with Gasteiger partial charge in [0, 0.05) is 11.8 Å². The van der Waals surface area contributed by atoms with Crippen molar-refractivity contribution in [1.82, 2.24) is 20.6 Å². The van der Waals surface area contributed by atoms with Crippen LogP contribution in [-0.2, 0) is 11.2 Å². The maximum absolute atomic E-state index is 13.0. The molecule has 34 heavy (non-hydrogen) atoms. The largest absolute Gasteiger partial charge is 0.491 e. The lowest BCUT2D eigenvalue weighted by Crippen LogP contribution is -2.42. The third kappa shape index (κ3) is 5.69. The van der Waals surface area contributed by atoms with Gasteiger partial charge in [-0.1, -0.05) is 60.7 Å². The number of benzene rings is 3. The number of nitrogens with one attached hydrogen (secondary N) is 2. The van der Waals surface area contributed by atoms with Gasteiger partial charge < -0.3 is 4.74 Å². The van der Waals surface area contributed by atoms with Gasteiger partial charge in [0.1, 0.15) is 11.4 Å². The second kappa shape index (κ2) is 10.5. The zero-order valence-corrected chi connectivity index (χ0v) is 19.1. The molecule has 1 heterocycles. The Morgan fingerprint density at radius 1 is 0.912 bits per heavy atom. The molecule has 2 N–H and O–H groups in total. The number of amides is 2. The van der Waals surface area contributed by atoms with E-state index in [0.717, 1.165) is 16.8 Å². The third-order valence-corrected chi connectivity index (χ3v) is 4.98. The number of carbonyl (C=O) groups is 2. The summed E-state index contributed by atoms with van der Waals surface area (Å²) in [6, 6.07) is 26.3. The molecule has 0 spiro atoms.